The number of aliphatic hydroxyl groups excluding tert-OH is 3. The Morgan fingerprint density at radius 2 is 2.26 bits per heavy atom. The zero-order chi connectivity index (χ0) is 14.2. The van der Waals surface area contributed by atoms with Crippen LogP contribution in [0.1, 0.15) is 16.7 Å². The molecule has 8 nitrogen and oxygen atoms in total. The number of thioether (sulfide) groups is 1. The number of nitrogens with zero attached hydrogens (tertiary/aromatic N) is 2. The lowest BCUT2D eigenvalue weighted by Gasteiger charge is -2.18. The van der Waals surface area contributed by atoms with Gasteiger partial charge in [0.05, 0.1) is 12.9 Å². The number of carbonyl (C=O) groups excluding carboxylic acids is 1. The van der Waals surface area contributed by atoms with Gasteiger partial charge >= 0.3 is 0 Å². The molecule has 19 heavy (non-hydrogen) atoms. The highest BCUT2D eigenvalue weighted by Crippen LogP contribution is 2.33. The van der Waals surface area contributed by atoms with Crippen LogP contribution in [0, 0.1) is 0 Å². The molecule has 2 rings (SSSR count). The molecule has 1 saturated heterocycles. The van der Waals surface area contributed by atoms with Gasteiger partial charge in [0.2, 0.25) is 0 Å². The molecule has 1 aromatic heterocycles. The van der Waals surface area contributed by atoms with E-state index in [1.54, 1.807) is 6.26 Å². The predicted molar refractivity (Wildman–Crippen MR) is 65.5 cm³/mol. The van der Waals surface area contributed by atoms with Crippen LogP contribution in [0.15, 0.2) is 11.4 Å². The highest BCUT2D eigenvalue weighted by Gasteiger charge is 2.44. The van der Waals surface area contributed by atoms with Crippen molar-refractivity contribution in [3.63, 3.8) is 0 Å². The van der Waals surface area contributed by atoms with Crippen LogP contribution in [0.5, 0.6) is 0 Å². The summed E-state index contributed by atoms with van der Waals surface area (Å²) in [5.41, 5.74) is 5.27. The first kappa shape index (κ1) is 14.3. The van der Waals surface area contributed by atoms with E-state index in [1.807, 2.05) is 0 Å². The molecule has 0 bridgehead atoms. The van der Waals surface area contributed by atoms with E-state index in [1.165, 1.54) is 22.7 Å². The normalized spacial score (nSPS) is 30.7. The Morgan fingerprint density at radius 1 is 1.58 bits per heavy atom. The molecule has 0 spiro atoms. The first-order valence-electron chi connectivity index (χ1n) is 5.54. The molecule has 1 amide bonds. The largest absolute Gasteiger partial charge is 0.394 e. The summed E-state index contributed by atoms with van der Waals surface area (Å²) in [7, 11) is 0. The zero-order valence-electron chi connectivity index (χ0n) is 10.1. The topological polar surface area (TPSA) is 131 Å². The van der Waals surface area contributed by atoms with Gasteiger partial charge in [-0.2, -0.15) is 0 Å². The summed E-state index contributed by atoms with van der Waals surface area (Å²) in [4.78, 5) is 15.1. The van der Waals surface area contributed by atoms with Gasteiger partial charge in [-0.15, -0.1) is 11.8 Å². The second-order valence-corrected chi connectivity index (χ2v) is 4.90. The number of ether oxygens (including phenoxy) is 1. The van der Waals surface area contributed by atoms with Gasteiger partial charge in [0, 0.05) is 0 Å². The van der Waals surface area contributed by atoms with Crippen molar-refractivity contribution in [1.82, 2.24) is 9.55 Å². The third kappa shape index (κ3) is 2.35. The Kier molecular flexibility index (Phi) is 4.11. The van der Waals surface area contributed by atoms with Crippen LogP contribution in [0.4, 0.5) is 0 Å². The van der Waals surface area contributed by atoms with E-state index in [4.69, 9.17) is 15.6 Å². The average Bonchev–Trinajstić information content (AvgIpc) is 2.92. The third-order valence-corrected chi connectivity index (χ3v) is 3.76. The Bertz CT molecular complexity index is 480. The molecule has 0 radical (unpaired) electrons. The standard InChI is InChI=1S/C10H15N3O5S/c1-19-10-5(8(11)17)12-3-13(10)9-7(16)6(15)4(2-14)18-9/h3-4,6-7,9,14-16H,2H2,1H3,(H2,11,17)/t4-,6-,7-,9?/m1/s1. The fourth-order valence-electron chi connectivity index (χ4n) is 2.01. The Hall–Kier alpha value is -1.13. The minimum Gasteiger partial charge on any atom is -0.394 e. The van der Waals surface area contributed by atoms with Gasteiger partial charge in [0.15, 0.2) is 11.9 Å². The summed E-state index contributed by atoms with van der Waals surface area (Å²) in [6, 6.07) is 0. The van der Waals surface area contributed by atoms with Gasteiger partial charge in [0.1, 0.15) is 23.3 Å². The molecule has 106 valence electrons. The van der Waals surface area contributed by atoms with Crippen molar-refractivity contribution in [3.8, 4) is 0 Å². The van der Waals surface area contributed by atoms with Gasteiger partial charge < -0.3 is 25.8 Å². The molecule has 0 saturated carbocycles. The number of aromatic nitrogens is 2. The lowest BCUT2D eigenvalue weighted by atomic mass is 10.1. The molecule has 1 aliphatic rings. The number of hydrogen-bond acceptors (Lipinski definition) is 7. The summed E-state index contributed by atoms with van der Waals surface area (Å²) in [5, 5.41) is 29.1. The van der Waals surface area contributed by atoms with Crippen LogP contribution >= 0.6 is 11.8 Å². The maximum Gasteiger partial charge on any atom is 0.270 e. The Morgan fingerprint density at radius 3 is 2.74 bits per heavy atom. The van der Waals surface area contributed by atoms with E-state index < -0.39 is 37.1 Å². The number of imidazole rings is 1. The van der Waals surface area contributed by atoms with Gasteiger partial charge in [-0.1, -0.05) is 0 Å². The summed E-state index contributed by atoms with van der Waals surface area (Å²) in [6.07, 6.45) is -1.19. The van der Waals surface area contributed by atoms with E-state index in [0.717, 1.165) is 0 Å². The maximum absolute atomic E-state index is 11.2. The van der Waals surface area contributed by atoms with Gasteiger partial charge in [0.25, 0.3) is 5.91 Å². The third-order valence-electron chi connectivity index (χ3n) is 2.97. The molecule has 9 heteroatoms. The van der Waals surface area contributed by atoms with E-state index in [2.05, 4.69) is 4.98 Å². The molecule has 0 aromatic carbocycles. The quantitative estimate of drug-likeness (QED) is 0.487. The first-order valence-corrected chi connectivity index (χ1v) is 6.76. The Labute approximate surface area is 113 Å². The summed E-state index contributed by atoms with van der Waals surface area (Å²) >= 11 is 1.22. The molecule has 1 aliphatic heterocycles. The highest BCUT2D eigenvalue weighted by molar-refractivity contribution is 7.98. The number of carbonyl (C=O) groups is 1. The molecule has 0 aliphatic carbocycles. The van der Waals surface area contributed by atoms with E-state index in [0.29, 0.717) is 5.03 Å². The van der Waals surface area contributed by atoms with Crippen LogP contribution in [0.3, 0.4) is 0 Å². The monoisotopic (exact) mass is 289 g/mol. The molecule has 1 fully saturated rings. The second kappa shape index (κ2) is 5.47. The van der Waals surface area contributed by atoms with Crippen molar-refractivity contribution in [2.45, 2.75) is 29.6 Å². The predicted octanol–water partition coefficient (Wildman–Crippen LogP) is -1.68. The summed E-state index contributed by atoms with van der Waals surface area (Å²) < 4.78 is 6.79. The zero-order valence-corrected chi connectivity index (χ0v) is 10.9. The van der Waals surface area contributed by atoms with Gasteiger partial charge in [-0.3, -0.25) is 9.36 Å². The average molecular weight is 289 g/mol. The van der Waals surface area contributed by atoms with E-state index >= 15 is 0 Å². The minimum atomic E-state index is -1.22. The molecule has 1 aromatic rings. The fraction of sp³-hybridized carbons (Fsp3) is 0.600. The molecular weight excluding hydrogens is 274 g/mol. The van der Waals surface area contributed by atoms with E-state index in [9.17, 15) is 15.0 Å². The van der Waals surface area contributed by atoms with Crippen molar-refractivity contribution in [2.24, 2.45) is 5.73 Å². The minimum absolute atomic E-state index is 0.0743. The Balaban J connectivity index is 2.35. The highest BCUT2D eigenvalue weighted by atomic mass is 32.2. The number of rotatable bonds is 4. The number of nitrogens with two attached hydrogens (primary N) is 1. The van der Waals surface area contributed by atoms with Crippen molar-refractivity contribution >= 4 is 17.7 Å². The maximum atomic E-state index is 11.2. The van der Waals surface area contributed by atoms with Crippen LogP contribution in [-0.2, 0) is 4.74 Å². The summed E-state index contributed by atoms with van der Waals surface area (Å²) in [6.45, 7) is -0.416. The number of amides is 1. The molecule has 2 heterocycles. The van der Waals surface area contributed by atoms with Crippen molar-refractivity contribution in [2.75, 3.05) is 12.9 Å². The SMILES string of the molecule is CSc1c(C(N)=O)ncn1C1O[C@H](CO)[C@@H](O)[C@H]1O. The number of primary amides is 1. The van der Waals surface area contributed by atoms with E-state index in [-0.39, 0.29) is 5.69 Å². The van der Waals surface area contributed by atoms with Crippen molar-refractivity contribution in [1.29, 1.82) is 0 Å². The lowest BCUT2D eigenvalue weighted by molar-refractivity contribution is -0.0563. The molecule has 5 N–H and O–H groups in total. The molecule has 4 atom stereocenters. The van der Waals surface area contributed by atoms with Crippen molar-refractivity contribution < 1.29 is 24.9 Å². The van der Waals surface area contributed by atoms with Crippen LogP contribution in [-0.4, -0.2) is 62.0 Å². The second-order valence-electron chi connectivity index (χ2n) is 4.10. The lowest BCUT2D eigenvalue weighted by Crippen LogP contribution is -2.33. The number of aliphatic hydroxyl groups is 3. The molecule has 1 unspecified atom stereocenters. The first-order chi connectivity index (χ1) is 9.01. The number of hydrogen-bond donors (Lipinski definition) is 4. The van der Waals surface area contributed by atoms with Crippen molar-refractivity contribution in [3.05, 3.63) is 12.0 Å². The van der Waals surface area contributed by atoms with Crippen LogP contribution < -0.4 is 5.73 Å². The van der Waals surface area contributed by atoms with Crippen LogP contribution in [0.2, 0.25) is 0 Å². The van der Waals surface area contributed by atoms with Gasteiger partial charge in [-0.05, 0) is 6.26 Å². The fourth-order valence-corrected chi connectivity index (χ4v) is 2.72. The van der Waals surface area contributed by atoms with Gasteiger partial charge in [-0.25, -0.2) is 4.98 Å². The van der Waals surface area contributed by atoms with Crippen LogP contribution in [0.25, 0.3) is 0 Å². The smallest absolute Gasteiger partial charge is 0.270 e. The molecular formula is C10H15N3O5S. The summed E-state index contributed by atoms with van der Waals surface area (Å²) in [5.74, 6) is -0.685.